The van der Waals surface area contributed by atoms with Crippen LogP contribution in [0.4, 0.5) is 4.39 Å². The third kappa shape index (κ3) is 2.45. The topological polar surface area (TPSA) is 13.6 Å². The lowest BCUT2D eigenvalue weighted by Gasteiger charge is -2.02. The maximum atomic E-state index is 12.9. The largest absolute Gasteiger partial charge is 0.494 e. The van der Waals surface area contributed by atoms with Gasteiger partial charge >= 0.3 is 0 Å². The van der Waals surface area contributed by atoms with E-state index in [1.807, 2.05) is 0 Å². The Morgan fingerprint density at radius 1 is 1.54 bits per heavy atom. The molecule has 0 fully saturated rings. The number of benzene rings is 1. The average Bonchev–Trinajstić information content (AvgIpc) is 2.16. The van der Waals surface area contributed by atoms with Crippen molar-refractivity contribution in [2.75, 3.05) is 13.7 Å². The Hall–Kier alpha value is -1.56. The Kier molecular flexibility index (Phi) is 3.27. The van der Waals surface area contributed by atoms with Gasteiger partial charge in [0.05, 0.1) is 7.11 Å². The highest BCUT2D eigenvalue weighted by Gasteiger charge is 2.03. The fourth-order valence-corrected chi connectivity index (χ4v) is 1.04. The van der Waals surface area contributed by atoms with E-state index >= 15 is 0 Å². The van der Waals surface area contributed by atoms with Crippen molar-refractivity contribution in [3.8, 4) is 5.75 Å². The molecule has 0 N–H and O–H groups in total. The molecule has 68 valence electrons. The summed E-state index contributed by atoms with van der Waals surface area (Å²) in [6, 6.07) is 4.65. The zero-order chi connectivity index (χ0) is 9.68. The van der Waals surface area contributed by atoms with Crippen LogP contribution in [0.2, 0.25) is 0 Å². The summed E-state index contributed by atoms with van der Waals surface area (Å²) in [4.78, 5) is 3.22. The Bertz CT molecular complexity index is 330. The van der Waals surface area contributed by atoms with Crippen LogP contribution in [0.1, 0.15) is 5.56 Å². The molecule has 13 heavy (non-hydrogen) atoms. The molecule has 0 aliphatic rings. The van der Waals surface area contributed by atoms with E-state index in [2.05, 4.69) is 4.85 Å². The molecular formula is C10H10FNO. The molecule has 0 aliphatic heterocycles. The van der Waals surface area contributed by atoms with Crippen molar-refractivity contribution in [2.45, 2.75) is 6.42 Å². The first-order chi connectivity index (χ1) is 6.27. The molecule has 0 radical (unpaired) electrons. The number of halogens is 1. The van der Waals surface area contributed by atoms with E-state index in [1.54, 1.807) is 12.1 Å². The van der Waals surface area contributed by atoms with Crippen LogP contribution in [0.15, 0.2) is 18.2 Å². The molecule has 0 amide bonds. The standard InChI is InChI=1S/C10H10FNO/c1-12-6-5-8-3-4-9(11)10(7-8)13-2/h3-4,7H,5-6H2,2H3. The third-order valence-electron chi connectivity index (χ3n) is 1.73. The molecule has 0 atom stereocenters. The SMILES string of the molecule is [C-]#[N+]CCc1ccc(F)c(OC)c1. The smallest absolute Gasteiger partial charge is 0.218 e. The van der Waals surface area contributed by atoms with Crippen LogP contribution in [-0.4, -0.2) is 13.7 Å². The zero-order valence-electron chi connectivity index (χ0n) is 7.38. The van der Waals surface area contributed by atoms with E-state index in [0.717, 1.165) is 5.56 Å². The summed E-state index contributed by atoms with van der Waals surface area (Å²) < 4.78 is 17.7. The third-order valence-corrected chi connectivity index (χ3v) is 1.73. The van der Waals surface area contributed by atoms with E-state index < -0.39 is 0 Å². The van der Waals surface area contributed by atoms with Gasteiger partial charge in [0, 0.05) is 6.42 Å². The van der Waals surface area contributed by atoms with Crippen LogP contribution in [0.3, 0.4) is 0 Å². The van der Waals surface area contributed by atoms with Crippen molar-refractivity contribution in [1.82, 2.24) is 0 Å². The van der Waals surface area contributed by atoms with Crippen molar-refractivity contribution in [3.05, 3.63) is 41.0 Å². The number of hydrogen-bond acceptors (Lipinski definition) is 1. The molecule has 0 aliphatic carbocycles. The Morgan fingerprint density at radius 2 is 2.31 bits per heavy atom. The maximum absolute atomic E-state index is 12.9. The second-order valence-electron chi connectivity index (χ2n) is 2.60. The summed E-state index contributed by atoms with van der Waals surface area (Å²) in [5.74, 6) is -0.128. The van der Waals surface area contributed by atoms with Crippen LogP contribution in [0.25, 0.3) is 4.85 Å². The summed E-state index contributed by atoms with van der Waals surface area (Å²) in [5.41, 5.74) is 0.925. The highest BCUT2D eigenvalue weighted by molar-refractivity contribution is 5.30. The molecule has 0 unspecified atom stereocenters. The van der Waals surface area contributed by atoms with Crippen LogP contribution < -0.4 is 4.74 Å². The van der Waals surface area contributed by atoms with Gasteiger partial charge in [-0.3, -0.25) is 0 Å². The first-order valence-corrected chi connectivity index (χ1v) is 3.93. The van der Waals surface area contributed by atoms with Gasteiger partial charge in [0.2, 0.25) is 6.54 Å². The summed E-state index contributed by atoms with van der Waals surface area (Å²) in [5, 5.41) is 0. The molecule has 0 saturated heterocycles. The summed E-state index contributed by atoms with van der Waals surface area (Å²) in [6.45, 7) is 7.04. The second kappa shape index (κ2) is 4.46. The molecule has 3 heteroatoms. The minimum atomic E-state index is -0.367. The highest BCUT2D eigenvalue weighted by atomic mass is 19.1. The van der Waals surface area contributed by atoms with E-state index in [9.17, 15) is 4.39 Å². The van der Waals surface area contributed by atoms with Gasteiger partial charge in [-0.15, -0.1) is 0 Å². The predicted octanol–water partition coefficient (Wildman–Crippen LogP) is 2.30. The highest BCUT2D eigenvalue weighted by Crippen LogP contribution is 2.18. The van der Waals surface area contributed by atoms with E-state index in [1.165, 1.54) is 13.2 Å². The maximum Gasteiger partial charge on any atom is 0.218 e. The average molecular weight is 179 g/mol. The van der Waals surface area contributed by atoms with Crippen molar-refractivity contribution >= 4 is 0 Å². The lowest BCUT2D eigenvalue weighted by Crippen LogP contribution is -1.92. The Morgan fingerprint density at radius 3 is 2.92 bits per heavy atom. The Labute approximate surface area is 76.8 Å². The van der Waals surface area contributed by atoms with Crippen LogP contribution >= 0.6 is 0 Å². The van der Waals surface area contributed by atoms with Crippen molar-refractivity contribution in [1.29, 1.82) is 0 Å². The fourth-order valence-electron chi connectivity index (χ4n) is 1.04. The van der Waals surface area contributed by atoms with Gasteiger partial charge in [-0.25, -0.2) is 11.0 Å². The van der Waals surface area contributed by atoms with Crippen LogP contribution in [-0.2, 0) is 6.42 Å². The first kappa shape index (κ1) is 9.53. The van der Waals surface area contributed by atoms with Crippen molar-refractivity contribution in [3.63, 3.8) is 0 Å². The molecule has 2 nitrogen and oxygen atoms in total. The van der Waals surface area contributed by atoms with Gasteiger partial charge in [-0.1, -0.05) is 6.07 Å². The van der Waals surface area contributed by atoms with E-state index in [-0.39, 0.29) is 11.6 Å². The molecule has 0 heterocycles. The van der Waals surface area contributed by atoms with E-state index in [4.69, 9.17) is 11.3 Å². The van der Waals surface area contributed by atoms with Gasteiger partial charge in [-0.2, -0.15) is 0 Å². The Balaban J connectivity index is 2.81. The monoisotopic (exact) mass is 179 g/mol. The fraction of sp³-hybridized carbons (Fsp3) is 0.300. The minimum Gasteiger partial charge on any atom is -0.494 e. The summed E-state index contributed by atoms with van der Waals surface area (Å²) in [7, 11) is 1.43. The van der Waals surface area contributed by atoms with Gasteiger partial charge in [0.25, 0.3) is 0 Å². The number of rotatable bonds is 3. The van der Waals surface area contributed by atoms with Gasteiger partial charge in [0.15, 0.2) is 11.6 Å². The number of ether oxygens (including phenoxy) is 1. The summed E-state index contributed by atoms with van der Waals surface area (Å²) >= 11 is 0. The lowest BCUT2D eigenvalue weighted by molar-refractivity contribution is 0.386. The zero-order valence-corrected chi connectivity index (χ0v) is 7.38. The second-order valence-corrected chi connectivity index (χ2v) is 2.60. The van der Waals surface area contributed by atoms with E-state index in [0.29, 0.717) is 13.0 Å². The normalized spacial score (nSPS) is 9.31. The summed E-state index contributed by atoms with van der Waals surface area (Å²) in [6.07, 6.45) is 0.639. The molecule has 0 bridgehead atoms. The number of hydrogen-bond donors (Lipinski definition) is 0. The number of nitrogens with zero attached hydrogens (tertiary/aromatic N) is 1. The minimum absolute atomic E-state index is 0.238. The molecule has 1 aromatic rings. The predicted molar refractivity (Wildman–Crippen MR) is 48.1 cm³/mol. The molecular weight excluding hydrogens is 169 g/mol. The molecule has 0 aromatic heterocycles. The molecule has 1 rings (SSSR count). The lowest BCUT2D eigenvalue weighted by atomic mass is 10.1. The quantitative estimate of drug-likeness (QED) is 0.649. The molecule has 0 spiro atoms. The first-order valence-electron chi connectivity index (χ1n) is 3.93. The molecule has 1 aromatic carbocycles. The van der Waals surface area contributed by atoms with Gasteiger partial charge < -0.3 is 9.58 Å². The van der Waals surface area contributed by atoms with Crippen LogP contribution in [0, 0.1) is 12.4 Å². The van der Waals surface area contributed by atoms with Gasteiger partial charge in [0.1, 0.15) is 0 Å². The van der Waals surface area contributed by atoms with Crippen molar-refractivity contribution < 1.29 is 9.13 Å². The van der Waals surface area contributed by atoms with Gasteiger partial charge in [-0.05, 0) is 17.7 Å². The van der Waals surface area contributed by atoms with Crippen molar-refractivity contribution in [2.24, 2.45) is 0 Å². The number of methoxy groups -OCH3 is 1. The van der Waals surface area contributed by atoms with Crippen LogP contribution in [0.5, 0.6) is 5.75 Å². The molecule has 0 saturated carbocycles.